The summed E-state index contributed by atoms with van der Waals surface area (Å²) in [5.41, 5.74) is 7.56. The second-order valence-corrected chi connectivity index (χ2v) is 11.8. The number of carbonyl (C=O) groups excluding carboxylic acids is 1. The Morgan fingerprint density at radius 1 is 1.18 bits per heavy atom. The summed E-state index contributed by atoms with van der Waals surface area (Å²) < 4.78 is 5.28. The van der Waals surface area contributed by atoms with E-state index in [1.807, 2.05) is 19.9 Å². The number of carbonyl (C=O) groups is 1. The first-order chi connectivity index (χ1) is 19.4. The van der Waals surface area contributed by atoms with Crippen LogP contribution in [0.25, 0.3) is 0 Å². The van der Waals surface area contributed by atoms with Crippen LogP contribution in [0.15, 0.2) is 40.7 Å². The third-order valence-corrected chi connectivity index (χ3v) is 8.05. The van der Waals surface area contributed by atoms with Crippen LogP contribution >= 0.6 is 0 Å². The standard InChI is InChI=1S/C30H52N8O2/c1-23(2)40-29(39)22-37-15-17-38(18-16-37)28-19-27(31)35-30(36-28)34-21-25-11-9-24(10-12-25)20-32-13-6-14-33-26-7-4-3-5-8-26/h9-11,19,23,25-26,28,32-33H,3-8,12-18,20-22,31H2,1-2H3,(H2,34,35,36). The van der Waals surface area contributed by atoms with E-state index in [0.29, 0.717) is 24.8 Å². The average Bonchev–Trinajstić information content (AvgIpc) is 2.94. The molecule has 10 nitrogen and oxygen atoms in total. The van der Waals surface area contributed by atoms with Gasteiger partial charge >= 0.3 is 5.97 Å². The van der Waals surface area contributed by atoms with Crippen LogP contribution in [0.3, 0.4) is 0 Å². The Hall–Kier alpha value is -2.40. The van der Waals surface area contributed by atoms with E-state index in [1.165, 1.54) is 44.1 Å². The van der Waals surface area contributed by atoms with Crippen molar-refractivity contribution in [2.75, 3.05) is 58.9 Å². The number of ether oxygens (including phenoxy) is 1. The van der Waals surface area contributed by atoms with Crippen molar-refractivity contribution in [3.05, 3.63) is 35.7 Å². The molecule has 0 aromatic carbocycles. The van der Waals surface area contributed by atoms with Crippen molar-refractivity contribution >= 4 is 11.9 Å². The van der Waals surface area contributed by atoms with E-state index >= 15 is 0 Å². The Balaban J connectivity index is 1.11. The monoisotopic (exact) mass is 556 g/mol. The molecule has 2 unspecified atom stereocenters. The van der Waals surface area contributed by atoms with Gasteiger partial charge in [-0.2, -0.15) is 0 Å². The van der Waals surface area contributed by atoms with Gasteiger partial charge in [0.25, 0.3) is 0 Å². The molecular weight excluding hydrogens is 504 g/mol. The largest absolute Gasteiger partial charge is 0.462 e. The second-order valence-electron chi connectivity index (χ2n) is 11.8. The van der Waals surface area contributed by atoms with Gasteiger partial charge in [0.2, 0.25) is 0 Å². The maximum absolute atomic E-state index is 12.0. The predicted molar refractivity (Wildman–Crippen MR) is 162 cm³/mol. The molecule has 1 saturated heterocycles. The summed E-state index contributed by atoms with van der Waals surface area (Å²) in [5.74, 6) is 1.57. The molecule has 0 aromatic heterocycles. The number of hydrogen-bond acceptors (Lipinski definition) is 8. The summed E-state index contributed by atoms with van der Waals surface area (Å²) in [6, 6.07) is 0.750. The van der Waals surface area contributed by atoms with E-state index in [0.717, 1.165) is 64.2 Å². The number of guanidine groups is 1. The van der Waals surface area contributed by atoms with Gasteiger partial charge in [-0.25, -0.2) is 0 Å². The number of nitrogens with one attached hydrogen (secondary N) is 4. The highest BCUT2D eigenvalue weighted by atomic mass is 16.5. The van der Waals surface area contributed by atoms with E-state index in [-0.39, 0.29) is 18.2 Å². The molecule has 2 atom stereocenters. The van der Waals surface area contributed by atoms with Gasteiger partial charge in [0.05, 0.1) is 12.6 Å². The van der Waals surface area contributed by atoms with Gasteiger partial charge in [-0.15, -0.1) is 0 Å². The van der Waals surface area contributed by atoms with Gasteiger partial charge in [-0.05, 0) is 64.3 Å². The molecule has 4 aliphatic rings. The van der Waals surface area contributed by atoms with Gasteiger partial charge in [0.1, 0.15) is 12.0 Å². The first-order valence-corrected chi connectivity index (χ1v) is 15.5. The van der Waals surface area contributed by atoms with Crippen LogP contribution in [-0.4, -0.2) is 98.9 Å². The number of allylic oxidation sites excluding steroid dienone is 1. The number of nitrogens with zero attached hydrogens (tertiary/aromatic N) is 3. The van der Waals surface area contributed by atoms with Crippen LogP contribution in [0.4, 0.5) is 0 Å². The molecule has 4 rings (SSSR count). The minimum atomic E-state index is -0.158. The maximum atomic E-state index is 12.0. The Labute approximate surface area is 240 Å². The average molecular weight is 557 g/mol. The lowest BCUT2D eigenvalue weighted by Crippen LogP contribution is -2.60. The van der Waals surface area contributed by atoms with Crippen molar-refractivity contribution in [1.82, 2.24) is 31.1 Å². The normalized spacial score (nSPS) is 25.8. The molecule has 2 aliphatic carbocycles. The van der Waals surface area contributed by atoms with Crippen LogP contribution in [0.2, 0.25) is 0 Å². The van der Waals surface area contributed by atoms with Gasteiger partial charge in [0, 0.05) is 51.2 Å². The first-order valence-electron chi connectivity index (χ1n) is 15.5. The van der Waals surface area contributed by atoms with Gasteiger partial charge in [0.15, 0.2) is 5.96 Å². The summed E-state index contributed by atoms with van der Waals surface area (Å²) in [6.45, 7) is 11.2. The minimum absolute atomic E-state index is 0.0119. The number of hydrogen-bond donors (Lipinski definition) is 5. The molecule has 6 N–H and O–H groups in total. The van der Waals surface area contributed by atoms with Crippen molar-refractivity contribution < 1.29 is 9.53 Å². The molecule has 10 heteroatoms. The van der Waals surface area contributed by atoms with Crippen molar-refractivity contribution in [2.45, 2.75) is 77.1 Å². The fourth-order valence-corrected chi connectivity index (χ4v) is 5.77. The van der Waals surface area contributed by atoms with Crippen molar-refractivity contribution in [3.63, 3.8) is 0 Å². The zero-order valence-electron chi connectivity index (χ0n) is 24.7. The number of esters is 1. The smallest absolute Gasteiger partial charge is 0.320 e. The molecule has 2 fully saturated rings. The Morgan fingerprint density at radius 2 is 1.98 bits per heavy atom. The van der Waals surface area contributed by atoms with E-state index in [1.54, 1.807) is 0 Å². The summed E-state index contributed by atoms with van der Waals surface area (Å²) in [5, 5.41) is 14.0. The summed E-state index contributed by atoms with van der Waals surface area (Å²) in [6.07, 6.45) is 17.9. The Bertz CT molecular complexity index is 917. The SMILES string of the molecule is CC(C)OC(=O)CN1CCN(C2C=C(N)NC(=NCC3C=CC(CNCCCNC4CCCCC4)=CC3)N2)CC1. The number of piperazine rings is 1. The number of nitrogens with two attached hydrogens (primary N) is 1. The van der Waals surface area contributed by atoms with E-state index < -0.39 is 0 Å². The molecule has 40 heavy (non-hydrogen) atoms. The van der Waals surface area contributed by atoms with Crippen LogP contribution in [0.1, 0.15) is 58.8 Å². The Morgan fingerprint density at radius 3 is 2.70 bits per heavy atom. The molecule has 0 aromatic rings. The molecular formula is C30H52N8O2. The Kier molecular flexibility index (Phi) is 12.3. The fraction of sp³-hybridized carbons (Fsp3) is 0.733. The summed E-state index contributed by atoms with van der Waals surface area (Å²) >= 11 is 0. The van der Waals surface area contributed by atoms with E-state index in [9.17, 15) is 4.79 Å². The molecule has 224 valence electrons. The summed E-state index contributed by atoms with van der Waals surface area (Å²) in [4.78, 5) is 21.3. The zero-order chi connectivity index (χ0) is 28.2. The molecule has 0 amide bonds. The lowest BCUT2D eigenvalue weighted by atomic mass is 9.95. The van der Waals surface area contributed by atoms with Crippen molar-refractivity contribution in [3.8, 4) is 0 Å². The lowest BCUT2D eigenvalue weighted by Gasteiger charge is -2.40. The fourth-order valence-electron chi connectivity index (χ4n) is 5.77. The van der Waals surface area contributed by atoms with E-state index in [4.69, 9.17) is 15.5 Å². The molecule has 0 bridgehead atoms. The predicted octanol–water partition coefficient (Wildman–Crippen LogP) is 1.64. The molecule has 2 heterocycles. The van der Waals surface area contributed by atoms with Crippen LogP contribution in [-0.2, 0) is 9.53 Å². The first kappa shape index (κ1) is 30.6. The molecule has 0 radical (unpaired) electrons. The topological polar surface area (TPSA) is 119 Å². The quantitative estimate of drug-likeness (QED) is 0.170. The number of rotatable bonds is 13. The summed E-state index contributed by atoms with van der Waals surface area (Å²) in [7, 11) is 0. The molecule has 2 aliphatic heterocycles. The van der Waals surface area contributed by atoms with E-state index in [2.05, 4.69) is 49.3 Å². The van der Waals surface area contributed by atoms with Crippen LogP contribution in [0.5, 0.6) is 0 Å². The van der Waals surface area contributed by atoms with Crippen molar-refractivity contribution in [2.24, 2.45) is 16.6 Å². The lowest BCUT2D eigenvalue weighted by molar-refractivity contribution is -0.149. The third kappa shape index (κ3) is 10.5. The highest BCUT2D eigenvalue weighted by molar-refractivity contribution is 5.83. The molecule has 1 saturated carbocycles. The van der Waals surface area contributed by atoms with Gasteiger partial charge < -0.3 is 31.7 Å². The molecule has 0 spiro atoms. The van der Waals surface area contributed by atoms with Gasteiger partial charge in [-0.1, -0.05) is 37.5 Å². The minimum Gasteiger partial charge on any atom is -0.462 e. The van der Waals surface area contributed by atoms with Crippen molar-refractivity contribution in [1.29, 1.82) is 0 Å². The maximum Gasteiger partial charge on any atom is 0.320 e. The van der Waals surface area contributed by atoms with Crippen LogP contribution < -0.4 is 27.0 Å². The third-order valence-electron chi connectivity index (χ3n) is 8.05. The zero-order valence-corrected chi connectivity index (χ0v) is 24.7. The second kappa shape index (κ2) is 16.1. The van der Waals surface area contributed by atoms with Crippen LogP contribution in [0, 0.1) is 5.92 Å². The highest BCUT2D eigenvalue weighted by Crippen LogP contribution is 2.18. The number of aliphatic imine (C=N–C) groups is 1. The van der Waals surface area contributed by atoms with Gasteiger partial charge in [-0.3, -0.25) is 19.6 Å². The highest BCUT2D eigenvalue weighted by Gasteiger charge is 2.27.